The Labute approximate surface area is 132 Å². The summed E-state index contributed by atoms with van der Waals surface area (Å²) >= 11 is 1.63. The number of nitrogens with zero attached hydrogens (tertiary/aromatic N) is 4. The van der Waals surface area contributed by atoms with Gasteiger partial charge in [0.25, 0.3) is 0 Å². The molecule has 0 radical (unpaired) electrons. The minimum Gasteiger partial charge on any atom is -0.444 e. The molecule has 0 fully saturated rings. The topological polar surface area (TPSA) is 68.8 Å². The molecule has 7 heteroatoms. The van der Waals surface area contributed by atoms with Crippen LogP contribution in [0.5, 0.6) is 0 Å². The maximum absolute atomic E-state index is 5.54. The first-order valence-electron chi connectivity index (χ1n) is 7.40. The number of aromatic nitrogens is 4. The van der Waals surface area contributed by atoms with Gasteiger partial charge in [0.1, 0.15) is 17.9 Å². The molecule has 4 rings (SSSR count). The summed E-state index contributed by atoms with van der Waals surface area (Å²) in [5, 5.41) is 9.99. The van der Waals surface area contributed by atoms with E-state index in [0.29, 0.717) is 18.5 Å². The molecule has 4 heterocycles. The number of aryl methyl sites for hydroxylation is 2. The Kier molecular flexibility index (Phi) is 3.51. The normalized spacial score (nSPS) is 17.6. The predicted molar refractivity (Wildman–Crippen MR) is 83.5 cm³/mol. The van der Waals surface area contributed by atoms with Crippen molar-refractivity contribution in [2.45, 2.75) is 38.9 Å². The number of thiophene rings is 1. The van der Waals surface area contributed by atoms with Gasteiger partial charge in [0.2, 0.25) is 5.89 Å². The average Bonchev–Trinajstić information content (AvgIpc) is 3.23. The summed E-state index contributed by atoms with van der Waals surface area (Å²) in [4.78, 5) is 10.0. The number of hydrogen-bond acceptors (Lipinski definition) is 6. The molecule has 1 N–H and O–H groups in total. The van der Waals surface area contributed by atoms with Crippen LogP contribution in [0.15, 0.2) is 28.2 Å². The fourth-order valence-corrected chi connectivity index (χ4v) is 3.41. The zero-order valence-corrected chi connectivity index (χ0v) is 13.1. The highest BCUT2D eigenvalue weighted by molar-refractivity contribution is 7.13. The van der Waals surface area contributed by atoms with Gasteiger partial charge in [-0.1, -0.05) is 6.07 Å². The van der Waals surface area contributed by atoms with Crippen molar-refractivity contribution in [1.82, 2.24) is 25.1 Å². The van der Waals surface area contributed by atoms with E-state index in [4.69, 9.17) is 4.42 Å². The number of oxazole rings is 1. The van der Waals surface area contributed by atoms with Crippen LogP contribution >= 0.6 is 11.3 Å². The Hall–Kier alpha value is -1.99. The molecular formula is C15H17N5OS. The summed E-state index contributed by atoms with van der Waals surface area (Å²) in [6.45, 7) is 3.52. The zero-order valence-electron chi connectivity index (χ0n) is 12.3. The Morgan fingerprint density at radius 3 is 3.27 bits per heavy atom. The molecule has 3 aromatic heterocycles. The van der Waals surface area contributed by atoms with Crippen LogP contribution in [-0.4, -0.2) is 25.8 Å². The Morgan fingerprint density at radius 2 is 2.41 bits per heavy atom. The van der Waals surface area contributed by atoms with Gasteiger partial charge in [-0.25, -0.2) is 14.6 Å². The fourth-order valence-electron chi connectivity index (χ4n) is 2.75. The molecule has 1 aliphatic rings. The SMILES string of the molecule is Cc1nc2n(n1)C[C@H](NCc1coc(-c3cccs3)n1)CC2. The Morgan fingerprint density at radius 1 is 1.45 bits per heavy atom. The van der Waals surface area contributed by atoms with Gasteiger partial charge in [0.05, 0.1) is 17.1 Å². The first-order chi connectivity index (χ1) is 10.8. The largest absolute Gasteiger partial charge is 0.444 e. The molecule has 114 valence electrons. The van der Waals surface area contributed by atoms with Crippen molar-refractivity contribution < 1.29 is 4.42 Å². The summed E-state index contributed by atoms with van der Waals surface area (Å²) in [7, 11) is 0. The van der Waals surface area contributed by atoms with Crippen molar-refractivity contribution in [2.24, 2.45) is 0 Å². The highest BCUT2D eigenvalue weighted by Gasteiger charge is 2.20. The quantitative estimate of drug-likeness (QED) is 0.800. The van der Waals surface area contributed by atoms with Gasteiger partial charge in [-0.05, 0) is 24.8 Å². The third kappa shape index (κ3) is 2.69. The smallest absolute Gasteiger partial charge is 0.236 e. The predicted octanol–water partition coefficient (Wildman–Crippen LogP) is 2.41. The van der Waals surface area contributed by atoms with Gasteiger partial charge in [-0.3, -0.25) is 0 Å². The van der Waals surface area contributed by atoms with Crippen molar-refractivity contribution >= 4 is 11.3 Å². The lowest BCUT2D eigenvalue weighted by molar-refractivity contribution is 0.356. The second-order valence-electron chi connectivity index (χ2n) is 5.50. The van der Waals surface area contributed by atoms with E-state index in [1.54, 1.807) is 17.6 Å². The van der Waals surface area contributed by atoms with Crippen LogP contribution < -0.4 is 5.32 Å². The Bertz CT molecular complexity index is 761. The zero-order chi connectivity index (χ0) is 14.9. The summed E-state index contributed by atoms with van der Waals surface area (Å²) in [5.74, 6) is 2.65. The van der Waals surface area contributed by atoms with Crippen LogP contribution in [0.1, 0.15) is 23.8 Å². The van der Waals surface area contributed by atoms with Gasteiger partial charge in [0, 0.05) is 19.0 Å². The molecular weight excluding hydrogens is 298 g/mol. The van der Waals surface area contributed by atoms with Gasteiger partial charge in [-0.15, -0.1) is 11.3 Å². The second-order valence-corrected chi connectivity index (χ2v) is 6.44. The second kappa shape index (κ2) is 5.66. The van der Waals surface area contributed by atoms with Crippen LogP contribution in [0.2, 0.25) is 0 Å². The molecule has 0 aromatic carbocycles. The van der Waals surface area contributed by atoms with E-state index < -0.39 is 0 Å². The summed E-state index contributed by atoms with van der Waals surface area (Å²) in [6, 6.07) is 4.42. The van der Waals surface area contributed by atoms with Crippen molar-refractivity contribution in [3.8, 4) is 10.8 Å². The van der Waals surface area contributed by atoms with Gasteiger partial charge >= 0.3 is 0 Å². The minimum atomic E-state index is 0.399. The van der Waals surface area contributed by atoms with E-state index in [0.717, 1.165) is 41.6 Å². The third-order valence-electron chi connectivity index (χ3n) is 3.82. The highest BCUT2D eigenvalue weighted by atomic mass is 32.1. The molecule has 1 atom stereocenters. The monoisotopic (exact) mass is 315 g/mol. The number of rotatable bonds is 4. The molecule has 0 spiro atoms. The lowest BCUT2D eigenvalue weighted by Gasteiger charge is -2.23. The van der Waals surface area contributed by atoms with Gasteiger partial charge < -0.3 is 9.73 Å². The molecule has 3 aromatic rings. The molecule has 0 saturated carbocycles. The molecule has 0 aliphatic carbocycles. The van der Waals surface area contributed by atoms with E-state index in [1.807, 2.05) is 29.1 Å². The number of hydrogen-bond donors (Lipinski definition) is 1. The van der Waals surface area contributed by atoms with E-state index in [9.17, 15) is 0 Å². The molecule has 22 heavy (non-hydrogen) atoms. The molecule has 1 aliphatic heterocycles. The standard InChI is InChI=1S/C15H17N5OS/c1-10-17-14-5-4-11(8-20(14)19-10)16-7-12-9-21-15(18-12)13-3-2-6-22-13/h2-3,6,9,11,16H,4-5,7-8H2,1H3/t11-/m1/s1. The van der Waals surface area contributed by atoms with Crippen molar-refractivity contribution in [3.05, 3.63) is 41.1 Å². The van der Waals surface area contributed by atoms with Crippen LogP contribution in [0, 0.1) is 6.92 Å². The van der Waals surface area contributed by atoms with Crippen LogP contribution in [0.25, 0.3) is 10.8 Å². The lowest BCUT2D eigenvalue weighted by Crippen LogP contribution is -2.37. The summed E-state index contributed by atoms with van der Waals surface area (Å²) in [6.07, 6.45) is 3.78. The fraction of sp³-hybridized carbons (Fsp3) is 0.400. The average molecular weight is 315 g/mol. The van der Waals surface area contributed by atoms with Gasteiger partial charge in [-0.2, -0.15) is 5.10 Å². The van der Waals surface area contributed by atoms with Crippen molar-refractivity contribution in [3.63, 3.8) is 0 Å². The molecule has 0 bridgehead atoms. The van der Waals surface area contributed by atoms with Crippen molar-refractivity contribution in [1.29, 1.82) is 0 Å². The first kappa shape index (κ1) is 13.7. The van der Waals surface area contributed by atoms with E-state index in [-0.39, 0.29) is 0 Å². The molecule has 0 saturated heterocycles. The Balaban J connectivity index is 1.37. The number of nitrogens with one attached hydrogen (secondary N) is 1. The van der Waals surface area contributed by atoms with E-state index in [1.165, 1.54) is 0 Å². The van der Waals surface area contributed by atoms with Crippen LogP contribution in [0.3, 0.4) is 0 Å². The van der Waals surface area contributed by atoms with Crippen LogP contribution in [0.4, 0.5) is 0 Å². The molecule has 0 amide bonds. The minimum absolute atomic E-state index is 0.399. The summed E-state index contributed by atoms with van der Waals surface area (Å²) < 4.78 is 7.55. The van der Waals surface area contributed by atoms with E-state index >= 15 is 0 Å². The molecule has 0 unspecified atom stereocenters. The lowest BCUT2D eigenvalue weighted by atomic mass is 10.1. The molecule has 6 nitrogen and oxygen atoms in total. The van der Waals surface area contributed by atoms with Crippen molar-refractivity contribution in [2.75, 3.05) is 0 Å². The number of fused-ring (bicyclic) bond motifs is 1. The summed E-state index contributed by atoms with van der Waals surface area (Å²) in [5.41, 5.74) is 0.934. The maximum atomic E-state index is 5.54. The first-order valence-corrected chi connectivity index (χ1v) is 8.28. The van der Waals surface area contributed by atoms with E-state index in [2.05, 4.69) is 20.4 Å². The van der Waals surface area contributed by atoms with Gasteiger partial charge in [0.15, 0.2) is 0 Å². The third-order valence-corrected chi connectivity index (χ3v) is 4.68. The maximum Gasteiger partial charge on any atom is 0.236 e. The highest BCUT2D eigenvalue weighted by Crippen LogP contribution is 2.23. The van der Waals surface area contributed by atoms with Crippen LogP contribution in [-0.2, 0) is 19.5 Å².